The van der Waals surface area contributed by atoms with Crippen LogP contribution in [0.25, 0.3) is 0 Å². The van der Waals surface area contributed by atoms with Crippen LogP contribution in [0.1, 0.15) is 12.5 Å². The predicted octanol–water partition coefficient (Wildman–Crippen LogP) is 1.63. The van der Waals surface area contributed by atoms with E-state index in [4.69, 9.17) is 0 Å². The van der Waals surface area contributed by atoms with Crippen molar-refractivity contribution in [2.75, 3.05) is 11.9 Å². The van der Waals surface area contributed by atoms with Crippen molar-refractivity contribution < 1.29 is 4.92 Å². The van der Waals surface area contributed by atoms with Crippen molar-refractivity contribution in [3.8, 4) is 0 Å². The Morgan fingerprint density at radius 2 is 2.25 bits per heavy atom. The molecular formula is C13H14N4O3. The Kier molecular flexibility index (Phi) is 4.09. The minimum atomic E-state index is -0.671. The lowest BCUT2D eigenvalue weighted by Gasteiger charge is -2.08. The minimum Gasteiger partial charge on any atom is -0.370 e. The van der Waals surface area contributed by atoms with Crippen LogP contribution in [0.15, 0.2) is 41.6 Å². The molecule has 1 N–H and O–H groups in total. The van der Waals surface area contributed by atoms with E-state index in [-0.39, 0.29) is 0 Å². The average Bonchev–Trinajstić information content (AvgIpc) is 2.41. The average molecular weight is 274 g/mol. The van der Waals surface area contributed by atoms with E-state index >= 15 is 0 Å². The number of anilines is 1. The zero-order chi connectivity index (χ0) is 14.5. The molecule has 104 valence electrons. The predicted molar refractivity (Wildman–Crippen MR) is 74.9 cm³/mol. The van der Waals surface area contributed by atoms with Gasteiger partial charge in [-0.05, 0) is 24.6 Å². The van der Waals surface area contributed by atoms with Crippen LogP contribution in [0.4, 0.5) is 11.5 Å². The highest BCUT2D eigenvalue weighted by Gasteiger charge is 2.11. The van der Waals surface area contributed by atoms with Crippen molar-refractivity contribution in [1.29, 1.82) is 0 Å². The quantitative estimate of drug-likeness (QED) is 0.661. The topological polar surface area (TPSA) is 90.1 Å². The van der Waals surface area contributed by atoms with E-state index < -0.39 is 16.0 Å². The first-order valence-electron chi connectivity index (χ1n) is 6.13. The number of nitro groups is 1. The first-order valence-corrected chi connectivity index (χ1v) is 6.13. The molecule has 0 bridgehead atoms. The van der Waals surface area contributed by atoms with E-state index in [2.05, 4.69) is 10.3 Å². The Morgan fingerprint density at radius 3 is 2.95 bits per heavy atom. The smallest absolute Gasteiger partial charge is 0.332 e. The van der Waals surface area contributed by atoms with Crippen molar-refractivity contribution in [2.45, 2.75) is 13.5 Å². The first-order chi connectivity index (χ1) is 9.60. The summed E-state index contributed by atoms with van der Waals surface area (Å²) in [7, 11) is 0. The van der Waals surface area contributed by atoms with E-state index in [0.717, 1.165) is 17.9 Å². The van der Waals surface area contributed by atoms with Crippen LogP contribution in [0.5, 0.6) is 0 Å². The number of hydrogen-bond acceptors (Lipinski definition) is 5. The Labute approximate surface area is 115 Å². The number of aromatic nitrogens is 2. The van der Waals surface area contributed by atoms with Crippen LogP contribution in [-0.2, 0) is 6.54 Å². The standard InChI is InChI=1S/C13H14N4O3/c1-2-14-13-7-10(3-5-15-13)8-16-6-4-12(18)11(9-16)17(19)20/h3-7,9H,2,8H2,1H3,(H,14,15). The van der Waals surface area contributed by atoms with Gasteiger partial charge in [0.15, 0.2) is 0 Å². The summed E-state index contributed by atoms with van der Waals surface area (Å²) in [6.07, 6.45) is 4.45. The molecule has 0 aliphatic rings. The lowest BCUT2D eigenvalue weighted by molar-refractivity contribution is -0.386. The van der Waals surface area contributed by atoms with Gasteiger partial charge in [0.25, 0.3) is 5.43 Å². The number of pyridine rings is 2. The molecule has 0 aliphatic heterocycles. The van der Waals surface area contributed by atoms with Crippen LogP contribution in [0.2, 0.25) is 0 Å². The monoisotopic (exact) mass is 274 g/mol. The van der Waals surface area contributed by atoms with Crippen molar-refractivity contribution in [3.05, 3.63) is 62.7 Å². The van der Waals surface area contributed by atoms with Gasteiger partial charge < -0.3 is 9.88 Å². The van der Waals surface area contributed by atoms with E-state index in [1.165, 1.54) is 18.5 Å². The fourth-order valence-corrected chi connectivity index (χ4v) is 1.81. The molecule has 2 aromatic heterocycles. The summed E-state index contributed by atoms with van der Waals surface area (Å²) >= 11 is 0. The molecule has 2 rings (SSSR count). The minimum absolute atomic E-state index is 0.423. The third-order valence-corrected chi connectivity index (χ3v) is 2.70. The zero-order valence-electron chi connectivity index (χ0n) is 10.9. The van der Waals surface area contributed by atoms with E-state index in [1.54, 1.807) is 10.8 Å². The summed E-state index contributed by atoms with van der Waals surface area (Å²) in [5.41, 5.74) is -0.0725. The summed E-state index contributed by atoms with van der Waals surface area (Å²) in [6.45, 7) is 3.17. The zero-order valence-corrected chi connectivity index (χ0v) is 10.9. The van der Waals surface area contributed by atoms with Crippen molar-refractivity contribution in [2.24, 2.45) is 0 Å². The summed E-state index contributed by atoms with van der Waals surface area (Å²) in [6, 6.07) is 4.89. The second-order valence-electron chi connectivity index (χ2n) is 4.20. The Balaban J connectivity index is 2.26. The molecule has 0 fully saturated rings. The molecule has 0 saturated carbocycles. The normalized spacial score (nSPS) is 10.2. The molecular weight excluding hydrogens is 260 g/mol. The van der Waals surface area contributed by atoms with Gasteiger partial charge in [-0.1, -0.05) is 0 Å². The molecule has 0 amide bonds. The summed E-state index contributed by atoms with van der Waals surface area (Å²) < 4.78 is 1.60. The van der Waals surface area contributed by atoms with Gasteiger partial charge in [-0.3, -0.25) is 14.9 Å². The molecule has 0 spiro atoms. The fourth-order valence-electron chi connectivity index (χ4n) is 1.81. The largest absolute Gasteiger partial charge is 0.370 e. The molecule has 7 nitrogen and oxygen atoms in total. The number of rotatable bonds is 5. The Hall–Kier alpha value is -2.70. The second kappa shape index (κ2) is 5.96. The van der Waals surface area contributed by atoms with Crippen molar-refractivity contribution in [3.63, 3.8) is 0 Å². The van der Waals surface area contributed by atoms with Gasteiger partial charge >= 0.3 is 5.69 Å². The van der Waals surface area contributed by atoms with Gasteiger partial charge in [0.2, 0.25) is 0 Å². The molecule has 0 aromatic carbocycles. The molecule has 0 aliphatic carbocycles. The summed E-state index contributed by atoms with van der Waals surface area (Å²) in [5.74, 6) is 0.751. The molecule has 0 radical (unpaired) electrons. The third-order valence-electron chi connectivity index (χ3n) is 2.70. The Bertz CT molecular complexity index is 681. The second-order valence-corrected chi connectivity index (χ2v) is 4.20. The molecule has 2 aromatic rings. The van der Waals surface area contributed by atoms with Gasteiger partial charge in [-0.25, -0.2) is 4.98 Å². The molecule has 0 atom stereocenters. The highest BCUT2D eigenvalue weighted by atomic mass is 16.6. The van der Waals surface area contributed by atoms with Gasteiger partial charge in [-0.2, -0.15) is 0 Å². The maximum Gasteiger partial charge on any atom is 0.332 e. The fraction of sp³-hybridized carbons (Fsp3) is 0.231. The summed E-state index contributed by atoms with van der Waals surface area (Å²) in [4.78, 5) is 25.5. The lowest BCUT2D eigenvalue weighted by Crippen LogP contribution is -2.11. The maximum absolute atomic E-state index is 11.3. The molecule has 0 saturated heterocycles. The van der Waals surface area contributed by atoms with Crippen molar-refractivity contribution in [1.82, 2.24) is 9.55 Å². The molecule has 20 heavy (non-hydrogen) atoms. The maximum atomic E-state index is 11.3. The molecule has 7 heteroatoms. The molecule has 2 heterocycles. The van der Waals surface area contributed by atoms with Crippen molar-refractivity contribution >= 4 is 11.5 Å². The highest BCUT2D eigenvalue weighted by molar-refractivity contribution is 5.37. The van der Waals surface area contributed by atoms with Crippen LogP contribution in [0, 0.1) is 10.1 Å². The van der Waals surface area contributed by atoms with E-state index in [1.807, 2.05) is 19.1 Å². The SMILES string of the molecule is CCNc1cc(Cn2ccc(=O)c([N+](=O)[O-])c2)ccn1. The number of nitrogens with zero attached hydrogens (tertiary/aromatic N) is 3. The number of nitrogens with one attached hydrogen (secondary N) is 1. The van der Waals surface area contributed by atoms with Gasteiger partial charge in [-0.15, -0.1) is 0 Å². The first kappa shape index (κ1) is 13.7. The van der Waals surface area contributed by atoms with Crippen LogP contribution >= 0.6 is 0 Å². The van der Waals surface area contributed by atoms with Crippen LogP contribution < -0.4 is 10.7 Å². The summed E-state index contributed by atoms with van der Waals surface area (Å²) in [5, 5.41) is 13.8. The van der Waals surface area contributed by atoms with E-state index in [0.29, 0.717) is 6.54 Å². The Morgan fingerprint density at radius 1 is 1.45 bits per heavy atom. The molecule has 0 unspecified atom stereocenters. The van der Waals surface area contributed by atoms with Crippen LogP contribution in [-0.4, -0.2) is 21.0 Å². The van der Waals surface area contributed by atoms with Gasteiger partial charge in [0.1, 0.15) is 5.82 Å². The van der Waals surface area contributed by atoms with E-state index in [9.17, 15) is 14.9 Å². The highest BCUT2D eigenvalue weighted by Crippen LogP contribution is 2.10. The number of hydrogen-bond donors (Lipinski definition) is 1. The van der Waals surface area contributed by atoms with Crippen LogP contribution in [0.3, 0.4) is 0 Å². The van der Waals surface area contributed by atoms with Gasteiger partial charge in [0, 0.05) is 31.5 Å². The third kappa shape index (κ3) is 3.19. The lowest BCUT2D eigenvalue weighted by atomic mass is 10.2. The van der Waals surface area contributed by atoms with Gasteiger partial charge in [0.05, 0.1) is 11.1 Å².